The molecule has 0 amide bonds. The van der Waals surface area contributed by atoms with E-state index in [0.29, 0.717) is 11.3 Å². The molecule has 0 saturated carbocycles. The number of sulfonamides is 1. The summed E-state index contributed by atoms with van der Waals surface area (Å²) < 4.78 is 27.0. The summed E-state index contributed by atoms with van der Waals surface area (Å²) in [5, 5.41) is 0. The van der Waals surface area contributed by atoms with Gasteiger partial charge in [-0.2, -0.15) is 0 Å². The van der Waals surface area contributed by atoms with Gasteiger partial charge in [-0.1, -0.05) is 48.5 Å². The van der Waals surface area contributed by atoms with Gasteiger partial charge in [0.2, 0.25) is 10.0 Å². The van der Waals surface area contributed by atoms with Crippen LogP contribution in [0.3, 0.4) is 0 Å². The SMILES string of the molecule is C[C@H](NS(=O)(=O)Cc1ccccc1N)c1ccccc1. The topological polar surface area (TPSA) is 72.2 Å². The van der Waals surface area contributed by atoms with Crippen LogP contribution in [0, 0.1) is 0 Å². The lowest BCUT2D eigenvalue weighted by atomic mass is 10.1. The van der Waals surface area contributed by atoms with Gasteiger partial charge in [0.15, 0.2) is 0 Å². The number of nitrogens with two attached hydrogens (primary N) is 1. The fraction of sp³-hybridized carbons (Fsp3) is 0.200. The lowest BCUT2D eigenvalue weighted by Gasteiger charge is -2.15. The summed E-state index contributed by atoms with van der Waals surface area (Å²) in [5.41, 5.74) is 7.81. The molecule has 0 aliphatic carbocycles. The van der Waals surface area contributed by atoms with Crippen LogP contribution in [-0.4, -0.2) is 8.42 Å². The molecule has 0 saturated heterocycles. The third-order valence-corrected chi connectivity index (χ3v) is 4.46. The van der Waals surface area contributed by atoms with Crippen molar-refractivity contribution in [3.63, 3.8) is 0 Å². The first-order valence-electron chi connectivity index (χ1n) is 6.36. The zero-order chi connectivity index (χ0) is 14.6. The van der Waals surface area contributed by atoms with E-state index >= 15 is 0 Å². The number of rotatable bonds is 5. The number of para-hydroxylation sites is 1. The molecule has 5 heteroatoms. The maximum Gasteiger partial charge on any atom is 0.216 e. The Kier molecular flexibility index (Phi) is 4.42. The van der Waals surface area contributed by atoms with Crippen LogP contribution >= 0.6 is 0 Å². The normalized spacial score (nSPS) is 13.1. The van der Waals surface area contributed by atoms with E-state index in [0.717, 1.165) is 5.56 Å². The molecule has 1 atom stereocenters. The Bertz CT molecular complexity index is 669. The Morgan fingerprint density at radius 1 is 1.05 bits per heavy atom. The van der Waals surface area contributed by atoms with Crippen molar-refractivity contribution in [2.45, 2.75) is 18.7 Å². The Labute approximate surface area is 119 Å². The molecule has 4 nitrogen and oxygen atoms in total. The Balaban J connectivity index is 2.10. The highest BCUT2D eigenvalue weighted by atomic mass is 32.2. The molecule has 0 heterocycles. The van der Waals surface area contributed by atoms with Crippen molar-refractivity contribution < 1.29 is 8.42 Å². The smallest absolute Gasteiger partial charge is 0.216 e. The molecule has 20 heavy (non-hydrogen) atoms. The molecule has 0 fully saturated rings. The molecule has 0 unspecified atom stereocenters. The van der Waals surface area contributed by atoms with Crippen molar-refractivity contribution in [1.29, 1.82) is 0 Å². The van der Waals surface area contributed by atoms with Gasteiger partial charge in [-0.05, 0) is 24.1 Å². The molecular weight excluding hydrogens is 272 g/mol. The second kappa shape index (κ2) is 6.07. The van der Waals surface area contributed by atoms with Gasteiger partial charge in [-0.15, -0.1) is 0 Å². The Morgan fingerprint density at radius 3 is 2.30 bits per heavy atom. The molecule has 2 aromatic carbocycles. The van der Waals surface area contributed by atoms with Crippen molar-refractivity contribution in [3.05, 3.63) is 65.7 Å². The molecule has 0 aliphatic heterocycles. The van der Waals surface area contributed by atoms with E-state index in [2.05, 4.69) is 4.72 Å². The summed E-state index contributed by atoms with van der Waals surface area (Å²) in [6.07, 6.45) is 0. The first kappa shape index (κ1) is 14.6. The molecule has 2 aromatic rings. The van der Waals surface area contributed by atoms with Gasteiger partial charge < -0.3 is 5.73 Å². The van der Waals surface area contributed by atoms with E-state index in [1.807, 2.05) is 37.3 Å². The molecular formula is C15H18N2O2S. The summed E-state index contributed by atoms with van der Waals surface area (Å²) in [6.45, 7) is 1.82. The Morgan fingerprint density at radius 2 is 1.65 bits per heavy atom. The van der Waals surface area contributed by atoms with E-state index in [4.69, 9.17) is 5.73 Å². The number of hydrogen-bond acceptors (Lipinski definition) is 3. The fourth-order valence-electron chi connectivity index (χ4n) is 1.99. The van der Waals surface area contributed by atoms with Crippen molar-refractivity contribution >= 4 is 15.7 Å². The van der Waals surface area contributed by atoms with E-state index in [1.165, 1.54) is 0 Å². The zero-order valence-electron chi connectivity index (χ0n) is 11.3. The quantitative estimate of drug-likeness (QED) is 0.831. The number of nitrogens with one attached hydrogen (secondary N) is 1. The first-order chi connectivity index (χ1) is 9.48. The average Bonchev–Trinajstić information content (AvgIpc) is 2.41. The van der Waals surface area contributed by atoms with Gasteiger partial charge in [0.1, 0.15) is 0 Å². The highest BCUT2D eigenvalue weighted by Crippen LogP contribution is 2.17. The predicted molar refractivity (Wildman–Crippen MR) is 81.5 cm³/mol. The lowest BCUT2D eigenvalue weighted by Crippen LogP contribution is -2.28. The van der Waals surface area contributed by atoms with Gasteiger partial charge in [-0.3, -0.25) is 0 Å². The number of hydrogen-bond donors (Lipinski definition) is 2. The maximum atomic E-state index is 12.2. The van der Waals surface area contributed by atoms with Gasteiger partial charge in [0.25, 0.3) is 0 Å². The van der Waals surface area contributed by atoms with Crippen LogP contribution in [0.15, 0.2) is 54.6 Å². The van der Waals surface area contributed by atoms with E-state index in [9.17, 15) is 8.42 Å². The van der Waals surface area contributed by atoms with Crippen LogP contribution in [0.5, 0.6) is 0 Å². The highest BCUT2D eigenvalue weighted by molar-refractivity contribution is 7.88. The van der Waals surface area contributed by atoms with Crippen LogP contribution in [0.1, 0.15) is 24.1 Å². The second-order valence-electron chi connectivity index (χ2n) is 4.71. The zero-order valence-corrected chi connectivity index (χ0v) is 12.1. The van der Waals surface area contributed by atoms with Crippen LogP contribution < -0.4 is 10.5 Å². The fourth-order valence-corrected chi connectivity index (χ4v) is 3.42. The lowest BCUT2D eigenvalue weighted by molar-refractivity contribution is 0.566. The largest absolute Gasteiger partial charge is 0.398 e. The molecule has 0 aromatic heterocycles. The minimum absolute atomic E-state index is 0.114. The number of nitrogen functional groups attached to an aromatic ring is 1. The summed E-state index contributed by atoms with van der Waals surface area (Å²) in [7, 11) is -3.43. The van der Waals surface area contributed by atoms with E-state index in [1.54, 1.807) is 24.3 Å². The van der Waals surface area contributed by atoms with Gasteiger partial charge in [-0.25, -0.2) is 13.1 Å². The van der Waals surface area contributed by atoms with Crippen molar-refractivity contribution in [3.8, 4) is 0 Å². The van der Waals surface area contributed by atoms with Crippen molar-refractivity contribution in [2.24, 2.45) is 0 Å². The van der Waals surface area contributed by atoms with Crippen molar-refractivity contribution in [2.75, 3.05) is 5.73 Å². The predicted octanol–water partition coefficient (Wildman–Crippen LogP) is 2.45. The average molecular weight is 290 g/mol. The molecule has 106 valence electrons. The van der Waals surface area contributed by atoms with Crippen LogP contribution in [-0.2, 0) is 15.8 Å². The van der Waals surface area contributed by atoms with Crippen molar-refractivity contribution in [1.82, 2.24) is 4.72 Å². The summed E-state index contributed by atoms with van der Waals surface area (Å²) in [5.74, 6) is -0.114. The highest BCUT2D eigenvalue weighted by Gasteiger charge is 2.17. The maximum absolute atomic E-state index is 12.2. The molecule has 0 radical (unpaired) electrons. The monoisotopic (exact) mass is 290 g/mol. The Hall–Kier alpha value is -1.85. The standard InChI is InChI=1S/C15H18N2O2S/c1-12(13-7-3-2-4-8-13)17-20(18,19)11-14-9-5-6-10-15(14)16/h2-10,12,17H,11,16H2,1H3/t12-/m0/s1. The summed E-state index contributed by atoms with van der Waals surface area (Å²) >= 11 is 0. The van der Waals surface area contributed by atoms with Gasteiger partial charge in [0.05, 0.1) is 5.75 Å². The molecule has 3 N–H and O–H groups in total. The third-order valence-electron chi connectivity index (χ3n) is 3.06. The molecule has 0 bridgehead atoms. The molecule has 2 rings (SSSR count). The van der Waals surface area contributed by atoms with E-state index in [-0.39, 0.29) is 11.8 Å². The van der Waals surface area contributed by atoms with Gasteiger partial charge >= 0.3 is 0 Å². The molecule has 0 aliphatic rings. The number of benzene rings is 2. The van der Waals surface area contributed by atoms with Crippen LogP contribution in [0.2, 0.25) is 0 Å². The second-order valence-corrected chi connectivity index (χ2v) is 6.46. The van der Waals surface area contributed by atoms with Crippen LogP contribution in [0.25, 0.3) is 0 Å². The van der Waals surface area contributed by atoms with Gasteiger partial charge in [0, 0.05) is 11.7 Å². The number of anilines is 1. The summed E-state index contributed by atoms with van der Waals surface area (Å²) in [6, 6.07) is 16.2. The first-order valence-corrected chi connectivity index (χ1v) is 8.01. The summed E-state index contributed by atoms with van der Waals surface area (Å²) in [4.78, 5) is 0. The minimum Gasteiger partial charge on any atom is -0.398 e. The minimum atomic E-state index is -3.43. The molecule has 0 spiro atoms. The van der Waals surface area contributed by atoms with E-state index < -0.39 is 10.0 Å². The van der Waals surface area contributed by atoms with Crippen LogP contribution in [0.4, 0.5) is 5.69 Å². The third kappa shape index (κ3) is 3.82.